The highest BCUT2D eigenvalue weighted by Gasteiger charge is 2.41. The number of carboxylic acid groups (broad SMARTS) is 1. The Balaban J connectivity index is 2.11. The van der Waals surface area contributed by atoms with Crippen LogP contribution in [0.4, 0.5) is 0 Å². The molecule has 2 N–H and O–H groups in total. The number of carboxylic acids is 1. The molecule has 7 atom stereocenters. The van der Waals surface area contributed by atoms with Crippen LogP contribution in [0.15, 0.2) is 36.0 Å². The largest absolute Gasteiger partial charge is 0.478 e. The zero-order valence-electron chi connectivity index (χ0n) is 18.1. The first-order valence-electron chi connectivity index (χ1n) is 10.9. The Labute approximate surface area is 174 Å². The average molecular weight is 405 g/mol. The Morgan fingerprint density at radius 2 is 2.07 bits per heavy atom. The highest BCUT2D eigenvalue weighted by Crippen LogP contribution is 2.45. The van der Waals surface area contributed by atoms with Crippen LogP contribution in [0.5, 0.6) is 0 Å². The van der Waals surface area contributed by atoms with Crippen LogP contribution < -0.4 is 0 Å². The molecule has 0 radical (unpaired) electrons. The second kappa shape index (κ2) is 10.8. The topological polar surface area (TPSA) is 83.8 Å². The van der Waals surface area contributed by atoms with Crippen molar-refractivity contribution in [3.8, 4) is 0 Å². The van der Waals surface area contributed by atoms with E-state index >= 15 is 0 Å². The maximum absolute atomic E-state index is 12.5. The molecule has 0 saturated heterocycles. The molecule has 0 amide bonds. The minimum atomic E-state index is -1.000. The van der Waals surface area contributed by atoms with Crippen LogP contribution in [0.1, 0.15) is 59.8 Å². The maximum atomic E-state index is 12.5. The number of esters is 1. The van der Waals surface area contributed by atoms with Crippen LogP contribution in [0.3, 0.4) is 0 Å². The van der Waals surface area contributed by atoms with Crippen molar-refractivity contribution >= 4 is 11.9 Å². The Bertz CT molecular complexity index is 662. The molecule has 2 aliphatic carbocycles. The Morgan fingerprint density at radius 1 is 1.34 bits per heavy atom. The molecule has 162 valence electrons. The lowest BCUT2D eigenvalue weighted by Crippen LogP contribution is -2.41. The lowest BCUT2D eigenvalue weighted by molar-refractivity contribution is -0.158. The minimum absolute atomic E-state index is 0.0995. The molecule has 0 fully saturated rings. The summed E-state index contributed by atoms with van der Waals surface area (Å²) in [4.78, 5) is 23.1. The van der Waals surface area contributed by atoms with Gasteiger partial charge in [-0.15, -0.1) is 0 Å². The standard InChI is InChI=1S/C24H36O5/c1-5-16(3)24(28)29-21-14-15(2)13-18-10-9-17(4)20(23(18)21)12-11-19(25)7-6-8-22(26)27/h6,8-10,13,15-17,19-21,23,25H,5,7,11-12,14H2,1-4H3,(H,26,27). The van der Waals surface area contributed by atoms with Crippen molar-refractivity contribution in [1.29, 1.82) is 0 Å². The third-order valence-corrected chi connectivity index (χ3v) is 6.38. The van der Waals surface area contributed by atoms with Gasteiger partial charge in [-0.05, 0) is 55.4 Å². The number of fused-ring (bicyclic) bond motifs is 1. The van der Waals surface area contributed by atoms with Gasteiger partial charge in [0.1, 0.15) is 6.10 Å². The second-order valence-corrected chi connectivity index (χ2v) is 8.78. The molecular formula is C24H36O5. The van der Waals surface area contributed by atoms with Crippen molar-refractivity contribution in [2.75, 3.05) is 0 Å². The van der Waals surface area contributed by atoms with Crippen LogP contribution in [0, 0.1) is 29.6 Å². The van der Waals surface area contributed by atoms with Crippen molar-refractivity contribution in [1.82, 2.24) is 0 Å². The zero-order chi connectivity index (χ0) is 21.6. The second-order valence-electron chi connectivity index (χ2n) is 8.78. The summed E-state index contributed by atoms with van der Waals surface area (Å²) < 4.78 is 6.01. The number of aliphatic hydroxyl groups excluding tert-OH is 1. The molecule has 0 aromatic heterocycles. The Kier molecular flexibility index (Phi) is 8.69. The Hall–Kier alpha value is -1.88. The molecule has 7 unspecified atom stereocenters. The number of aliphatic carboxylic acids is 1. The van der Waals surface area contributed by atoms with Gasteiger partial charge in [-0.25, -0.2) is 4.79 Å². The van der Waals surface area contributed by atoms with Gasteiger partial charge in [0.25, 0.3) is 0 Å². The summed E-state index contributed by atoms with van der Waals surface area (Å²) in [7, 11) is 0. The minimum Gasteiger partial charge on any atom is -0.478 e. The third kappa shape index (κ3) is 6.56. The molecular weight excluding hydrogens is 368 g/mol. The molecule has 5 nitrogen and oxygen atoms in total. The normalized spacial score (nSPS) is 31.1. The summed E-state index contributed by atoms with van der Waals surface area (Å²) in [5.74, 6) is -0.0883. The van der Waals surface area contributed by atoms with E-state index in [1.807, 2.05) is 13.8 Å². The van der Waals surface area contributed by atoms with Gasteiger partial charge in [-0.2, -0.15) is 0 Å². The maximum Gasteiger partial charge on any atom is 0.327 e. The van der Waals surface area contributed by atoms with E-state index in [1.165, 1.54) is 11.6 Å². The fourth-order valence-corrected chi connectivity index (χ4v) is 4.48. The number of carbonyl (C=O) groups excluding carboxylic acids is 1. The van der Waals surface area contributed by atoms with Crippen molar-refractivity contribution < 1.29 is 24.5 Å². The molecule has 29 heavy (non-hydrogen) atoms. The number of aliphatic hydroxyl groups is 1. The summed E-state index contributed by atoms with van der Waals surface area (Å²) >= 11 is 0. The predicted octanol–water partition coefficient (Wildman–Crippen LogP) is 4.52. The predicted molar refractivity (Wildman–Crippen MR) is 113 cm³/mol. The lowest BCUT2D eigenvalue weighted by atomic mass is 9.65. The fourth-order valence-electron chi connectivity index (χ4n) is 4.48. The first-order valence-corrected chi connectivity index (χ1v) is 10.9. The number of hydrogen-bond acceptors (Lipinski definition) is 4. The van der Waals surface area contributed by atoms with E-state index in [1.54, 1.807) is 0 Å². The van der Waals surface area contributed by atoms with E-state index < -0.39 is 12.1 Å². The van der Waals surface area contributed by atoms with Gasteiger partial charge >= 0.3 is 11.9 Å². The molecule has 2 aliphatic rings. The first-order chi connectivity index (χ1) is 13.7. The SMILES string of the molecule is CCC(C)C(=O)OC1CC(C)C=C2C=CC(C)C(CCC(O)CC=CC(=O)O)C21. The van der Waals surface area contributed by atoms with Gasteiger partial charge in [-0.3, -0.25) is 4.79 Å². The number of allylic oxidation sites excluding steroid dienone is 3. The number of ether oxygens (including phenoxy) is 1. The van der Waals surface area contributed by atoms with E-state index in [9.17, 15) is 14.7 Å². The fraction of sp³-hybridized carbons (Fsp3) is 0.667. The lowest BCUT2D eigenvalue weighted by Gasteiger charge is -2.43. The molecule has 0 bridgehead atoms. The van der Waals surface area contributed by atoms with Crippen LogP contribution in [-0.4, -0.2) is 34.4 Å². The summed E-state index contributed by atoms with van der Waals surface area (Å²) in [6, 6.07) is 0. The number of rotatable bonds is 9. The van der Waals surface area contributed by atoms with Gasteiger partial charge in [0, 0.05) is 12.0 Å². The molecule has 0 spiro atoms. The number of carbonyl (C=O) groups is 2. The molecule has 0 saturated carbocycles. The van der Waals surface area contributed by atoms with Crippen LogP contribution in [-0.2, 0) is 14.3 Å². The van der Waals surface area contributed by atoms with E-state index in [2.05, 4.69) is 32.1 Å². The average Bonchev–Trinajstić information content (AvgIpc) is 2.66. The molecule has 0 aliphatic heterocycles. The van der Waals surface area contributed by atoms with E-state index in [0.717, 1.165) is 25.3 Å². The molecule has 2 rings (SSSR count). The molecule has 0 aromatic carbocycles. The number of hydrogen-bond donors (Lipinski definition) is 2. The van der Waals surface area contributed by atoms with Gasteiger partial charge in [0.15, 0.2) is 0 Å². The smallest absolute Gasteiger partial charge is 0.327 e. The highest BCUT2D eigenvalue weighted by molar-refractivity contribution is 5.79. The van der Waals surface area contributed by atoms with E-state index in [-0.39, 0.29) is 29.8 Å². The van der Waals surface area contributed by atoms with E-state index in [0.29, 0.717) is 24.7 Å². The summed E-state index contributed by atoms with van der Waals surface area (Å²) in [6.07, 6.45) is 11.9. The highest BCUT2D eigenvalue weighted by atomic mass is 16.5. The first kappa shape index (κ1) is 23.4. The summed E-state index contributed by atoms with van der Waals surface area (Å²) in [6.45, 7) is 8.25. The zero-order valence-corrected chi connectivity index (χ0v) is 18.1. The molecule has 0 heterocycles. The van der Waals surface area contributed by atoms with Gasteiger partial charge in [0.2, 0.25) is 0 Å². The summed E-state index contributed by atoms with van der Waals surface area (Å²) in [5, 5.41) is 19.0. The van der Waals surface area contributed by atoms with Crippen LogP contribution >= 0.6 is 0 Å². The van der Waals surface area contributed by atoms with Crippen molar-refractivity contribution in [3.05, 3.63) is 36.0 Å². The van der Waals surface area contributed by atoms with Gasteiger partial charge in [-0.1, -0.05) is 52.0 Å². The van der Waals surface area contributed by atoms with Crippen molar-refractivity contribution in [2.24, 2.45) is 29.6 Å². The van der Waals surface area contributed by atoms with E-state index in [4.69, 9.17) is 9.84 Å². The Morgan fingerprint density at radius 3 is 2.72 bits per heavy atom. The monoisotopic (exact) mass is 404 g/mol. The van der Waals surface area contributed by atoms with Crippen molar-refractivity contribution in [3.63, 3.8) is 0 Å². The van der Waals surface area contributed by atoms with Crippen LogP contribution in [0.2, 0.25) is 0 Å². The van der Waals surface area contributed by atoms with Crippen molar-refractivity contribution in [2.45, 2.75) is 72.0 Å². The third-order valence-electron chi connectivity index (χ3n) is 6.38. The molecule has 5 heteroatoms. The van der Waals surface area contributed by atoms with Gasteiger partial charge in [0.05, 0.1) is 12.0 Å². The molecule has 0 aromatic rings. The van der Waals surface area contributed by atoms with Gasteiger partial charge < -0.3 is 14.9 Å². The quantitative estimate of drug-likeness (QED) is 0.436. The summed E-state index contributed by atoms with van der Waals surface area (Å²) in [5.41, 5.74) is 1.24. The van der Waals surface area contributed by atoms with Crippen LogP contribution in [0.25, 0.3) is 0 Å².